The van der Waals surface area contributed by atoms with Crippen LogP contribution < -0.4 is 0 Å². The van der Waals surface area contributed by atoms with Gasteiger partial charge in [-0.15, -0.1) is 0 Å². The van der Waals surface area contributed by atoms with Crippen molar-refractivity contribution >= 4 is 17.5 Å². The molecular weight excluding hydrogens is 338 g/mol. The number of carbonyl (C=O) groups is 2. The topological polar surface area (TPSA) is 55.7 Å². The third-order valence-electron chi connectivity index (χ3n) is 6.10. The SMILES string of the molecule is CC1=C(C(=O)OC2CCCC2)[C@@H](c2cccc(C)c2)C2C(=O)CCCC2=N1. The van der Waals surface area contributed by atoms with Crippen LogP contribution in [0.25, 0.3) is 0 Å². The van der Waals surface area contributed by atoms with E-state index in [0.717, 1.165) is 55.4 Å². The molecule has 1 unspecified atom stereocenters. The number of aryl methyl sites for hydroxylation is 1. The summed E-state index contributed by atoms with van der Waals surface area (Å²) in [6, 6.07) is 8.15. The van der Waals surface area contributed by atoms with Gasteiger partial charge in [0.1, 0.15) is 11.9 Å². The van der Waals surface area contributed by atoms with Crippen LogP contribution in [0.1, 0.15) is 68.9 Å². The Hall–Kier alpha value is -2.23. The first-order valence-corrected chi connectivity index (χ1v) is 10.1. The summed E-state index contributed by atoms with van der Waals surface area (Å²) in [6.45, 7) is 3.92. The highest BCUT2D eigenvalue weighted by Crippen LogP contribution is 2.43. The van der Waals surface area contributed by atoms with E-state index in [2.05, 4.69) is 6.07 Å². The van der Waals surface area contributed by atoms with Crippen molar-refractivity contribution in [3.63, 3.8) is 0 Å². The van der Waals surface area contributed by atoms with E-state index < -0.39 is 0 Å². The molecule has 2 aliphatic carbocycles. The highest BCUT2D eigenvalue weighted by Gasteiger charge is 2.44. The Morgan fingerprint density at radius 2 is 1.85 bits per heavy atom. The minimum absolute atomic E-state index is 0.00314. The van der Waals surface area contributed by atoms with Crippen molar-refractivity contribution in [2.75, 3.05) is 0 Å². The number of rotatable bonds is 3. The van der Waals surface area contributed by atoms with Crippen LogP contribution in [0.2, 0.25) is 0 Å². The minimum Gasteiger partial charge on any atom is -0.459 e. The third kappa shape index (κ3) is 3.50. The van der Waals surface area contributed by atoms with Crippen molar-refractivity contribution in [1.82, 2.24) is 0 Å². The number of hydrogen-bond donors (Lipinski definition) is 0. The van der Waals surface area contributed by atoms with Crippen LogP contribution in [-0.2, 0) is 14.3 Å². The molecule has 1 aromatic carbocycles. The number of nitrogens with zero attached hydrogens (tertiary/aromatic N) is 1. The van der Waals surface area contributed by atoms with Crippen molar-refractivity contribution in [2.45, 2.75) is 70.8 Å². The van der Waals surface area contributed by atoms with Crippen molar-refractivity contribution in [3.05, 3.63) is 46.7 Å². The quantitative estimate of drug-likeness (QED) is 0.732. The first-order valence-electron chi connectivity index (χ1n) is 10.1. The molecule has 1 heterocycles. The predicted molar refractivity (Wildman–Crippen MR) is 105 cm³/mol. The Labute approximate surface area is 160 Å². The normalized spacial score (nSPS) is 26.0. The maximum atomic E-state index is 13.2. The van der Waals surface area contributed by atoms with Crippen molar-refractivity contribution in [1.29, 1.82) is 0 Å². The minimum atomic E-state index is -0.324. The Balaban J connectivity index is 1.77. The predicted octanol–water partition coefficient (Wildman–Crippen LogP) is 4.66. The molecule has 27 heavy (non-hydrogen) atoms. The van der Waals surface area contributed by atoms with Crippen LogP contribution in [-0.4, -0.2) is 23.6 Å². The molecule has 0 radical (unpaired) electrons. The second-order valence-corrected chi connectivity index (χ2v) is 8.10. The number of carbonyl (C=O) groups excluding carboxylic acids is 2. The second kappa shape index (κ2) is 7.41. The fourth-order valence-electron chi connectivity index (χ4n) is 4.83. The molecule has 4 nitrogen and oxygen atoms in total. The molecule has 2 fully saturated rings. The molecule has 0 aromatic heterocycles. The number of aliphatic imine (C=N–C) groups is 1. The highest BCUT2D eigenvalue weighted by molar-refractivity contribution is 6.11. The summed E-state index contributed by atoms with van der Waals surface area (Å²) >= 11 is 0. The van der Waals surface area contributed by atoms with Crippen LogP contribution in [0, 0.1) is 12.8 Å². The van der Waals surface area contributed by atoms with Crippen molar-refractivity contribution < 1.29 is 14.3 Å². The van der Waals surface area contributed by atoms with Gasteiger partial charge in [-0.2, -0.15) is 0 Å². The molecule has 0 N–H and O–H groups in total. The number of ketones is 1. The zero-order chi connectivity index (χ0) is 19.0. The lowest BCUT2D eigenvalue weighted by atomic mass is 9.69. The summed E-state index contributed by atoms with van der Waals surface area (Å²) in [4.78, 5) is 30.7. The van der Waals surface area contributed by atoms with Gasteiger partial charge in [-0.1, -0.05) is 29.8 Å². The van der Waals surface area contributed by atoms with Gasteiger partial charge in [0, 0.05) is 23.7 Å². The summed E-state index contributed by atoms with van der Waals surface area (Å²) in [5.41, 5.74) is 4.37. The maximum absolute atomic E-state index is 13.2. The Morgan fingerprint density at radius 1 is 1.07 bits per heavy atom. The van der Waals surface area contributed by atoms with Crippen LogP contribution in [0.15, 0.2) is 40.5 Å². The van der Waals surface area contributed by atoms with E-state index in [1.165, 1.54) is 0 Å². The number of allylic oxidation sites excluding steroid dienone is 1. The molecule has 0 bridgehead atoms. The molecule has 0 spiro atoms. The number of benzene rings is 1. The Kier molecular flexibility index (Phi) is 4.98. The number of ether oxygens (including phenoxy) is 1. The molecule has 3 aliphatic rings. The average molecular weight is 365 g/mol. The van der Waals surface area contributed by atoms with Gasteiger partial charge < -0.3 is 4.74 Å². The maximum Gasteiger partial charge on any atom is 0.336 e. The van der Waals surface area contributed by atoms with Gasteiger partial charge in [-0.05, 0) is 57.9 Å². The van der Waals surface area contributed by atoms with Crippen molar-refractivity contribution in [2.24, 2.45) is 10.9 Å². The molecule has 4 rings (SSSR count). The lowest BCUT2D eigenvalue weighted by Crippen LogP contribution is -2.39. The molecule has 2 atom stereocenters. The zero-order valence-electron chi connectivity index (χ0n) is 16.2. The van der Waals surface area contributed by atoms with Gasteiger partial charge in [0.25, 0.3) is 0 Å². The first-order chi connectivity index (χ1) is 13.0. The van der Waals surface area contributed by atoms with Gasteiger partial charge in [0.15, 0.2) is 0 Å². The van der Waals surface area contributed by atoms with Gasteiger partial charge in [0.05, 0.1) is 11.5 Å². The lowest BCUT2D eigenvalue weighted by Gasteiger charge is -2.36. The Bertz CT molecular complexity index is 830. The molecule has 0 saturated heterocycles. The highest BCUT2D eigenvalue weighted by atomic mass is 16.5. The van der Waals surface area contributed by atoms with Crippen LogP contribution in [0.3, 0.4) is 0 Å². The second-order valence-electron chi connectivity index (χ2n) is 8.10. The fraction of sp³-hybridized carbons (Fsp3) is 0.522. The summed E-state index contributed by atoms with van der Waals surface area (Å²) in [6.07, 6.45) is 6.35. The molecule has 2 saturated carbocycles. The van der Waals surface area contributed by atoms with E-state index in [-0.39, 0.29) is 29.7 Å². The fourth-order valence-corrected chi connectivity index (χ4v) is 4.83. The number of fused-ring (bicyclic) bond motifs is 1. The molecule has 0 amide bonds. The third-order valence-corrected chi connectivity index (χ3v) is 6.10. The molecular formula is C23H27NO3. The van der Waals surface area contributed by atoms with Gasteiger partial charge in [0.2, 0.25) is 0 Å². The van der Waals surface area contributed by atoms with E-state index in [1.807, 2.05) is 32.0 Å². The summed E-state index contributed by atoms with van der Waals surface area (Å²) in [5, 5.41) is 0. The average Bonchev–Trinajstić information content (AvgIpc) is 3.13. The lowest BCUT2D eigenvalue weighted by molar-refractivity contribution is -0.144. The molecule has 1 aromatic rings. The largest absolute Gasteiger partial charge is 0.459 e. The van der Waals surface area contributed by atoms with E-state index in [1.54, 1.807) is 0 Å². The zero-order valence-corrected chi connectivity index (χ0v) is 16.2. The summed E-state index contributed by atoms with van der Waals surface area (Å²) < 4.78 is 5.84. The van der Waals surface area contributed by atoms with Crippen LogP contribution in [0.4, 0.5) is 0 Å². The summed E-state index contributed by atoms with van der Waals surface area (Å²) in [5.74, 6) is -0.688. The van der Waals surface area contributed by atoms with E-state index >= 15 is 0 Å². The monoisotopic (exact) mass is 365 g/mol. The summed E-state index contributed by atoms with van der Waals surface area (Å²) in [7, 11) is 0. The smallest absolute Gasteiger partial charge is 0.336 e. The van der Waals surface area contributed by atoms with Gasteiger partial charge in [-0.3, -0.25) is 9.79 Å². The van der Waals surface area contributed by atoms with E-state index in [9.17, 15) is 9.59 Å². The van der Waals surface area contributed by atoms with E-state index in [0.29, 0.717) is 17.7 Å². The molecule has 4 heteroatoms. The Morgan fingerprint density at radius 3 is 2.59 bits per heavy atom. The van der Waals surface area contributed by atoms with Crippen molar-refractivity contribution in [3.8, 4) is 0 Å². The number of hydrogen-bond acceptors (Lipinski definition) is 4. The number of esters is 1. The molecule has 1 aliphatic heterocycles. The van der Waals surface area contributed by atoms with Gasteiger partial charge >= 0.3 is 5.97 Å². The van der Waals surface area contributed by atoms with Gasteiger partial charge in [-0.25, -0.2) is 4.79 Å². The van der Waals surface area contributed by atoms with E-state index in [4.69, 9.17) is 9.73 Å². The number of Topliss-reactive ketones (excluding diaryl/α,β-unsaturated/α-hetero) is 1. The van der Waals surface area contributed by atoms with Crippen LogP contribution in [0.5, 0.6) is 0 Å². The molecule has 142 valence electrons. The van der Waals surface area contributed by atoms with Crippen LogP contribution >= 0.6 is 0 Å². The first kappa shape index (κ1) is 18.1. The standard InChI is InChI=1S/C23H27NO3/c1-14-7-5-8-16(13-14)21-20(23(26)27-17-9-3-4-10-17)15(2)24-18-11-6-12-19(25)22(18)21/h5,7-8,13,17,21-22H,3-4,6,9-12H2,1-2H3/t21-,22?/m1/s1.